The van der Waals surface area contributed by atoms with E-state index in [1.807, 2.05) is 19.9 Å². The van der Waals surface area contributed by atoms with Crippen LogP contribution in [0.2, 0.25) is 0 Å². The van der Waals surface area contributed by atoms with Gasteiger partial charge in [-0.05, 0) is 65.8 Å². The lowest BCUT2D eigenvalue weighted by molar-refractivity contribution is 0.287. The average Bonchev–Trinajstić information content (AvgIpc) is 2.49. The van der Waals surface area contributed by atoms with E-state index in [0.29, 0.717) is 13.2 Å². The molecule has 4 heteroatoms. The van der Waals surface area contributed by atoms with Crippen molar-refractivity contribution in [2.75, 3.05) is 13.2 Å². The molecule has 0 aromatic heterocycles. The third-order valence-electron chi connectivity index (χ3n) is 3.04. The Morgan fingerprint density at radius 1 is 1.00 bits per heavy atom. The number of ether oxygens (including phenoxy) is 2. The van der Waals surface area contributed by atoms with Gasteiger partial charge in [0.25, 0.3) is 0 Å². The summed E-state index contributed by atoms with van der Waals surface area (Å²) >= 11 is 6.15. The molecule has 21 heavy (non-hydrogen) atoms. The molecule has 0 saturated heterocycles. The van der Waals surface area contributed by atoms with Gasteiger partial charge in [0.2, 0.25) is 0 Å². The Bertz CT molecular complexity index is 601. The van der Waals surface area contributed by atoms with Crippen molar-refractivity contribution in [2.24, 2.45) is 0 Å². The fourth-order valence-electron chi connectivity index (χ4n) is 2.09. The van der Waals surface area contributed by atoms with Gasteiger partial charge in [0.05, 0.1) is 18.0 Å². The summed E-state index contributed by atoms with van der Waals surface area (Å²) in [7, 11) is 0. The lowest BCUT2D eigenvalue weighted by Gasteiger charge is -2.16. The molecule has 0 aliphatic heterocycles. The summed E-state index contributed by atoms with van der Waals surface area (Å²) in [5.41, 5.74) is 2.41. The van der Waals surface area contributed by atoms with Crippen LogP contribution >= 0.6 is 38.5 Å². The Morgan fingerprint density at radius 3 is 2.33 bits per heavy atom. The Morgan fingerprint density at radius 2 is 1.67 bits per heavy atom. The first-order valence-electron chi connectivity index (χ1n) is 6.95. The molecule has 0 N–H and O–H groups in total. The van der Waals surface area contributed by atoms with Crippen LogP contribution in [0.25, 0.3) is 0 Å². The summed E-state index contributed by atoms with van der Waals surface area (Å²) in [6.45, 7) is 5.21. The lowest BCUT2D eigenvalue weighted by atomic mass is 10.0. The molecule has 2 nitrogen and oxygen atoms in total. The zero-order valence-corrected chi connectivity index (χ0v) is 15.8. The smallest absolute Gasteiger partial charge is 0.161 e. The van der Waals surface area contributed by atoms with Gasteiger partial charge in [-0.15, -0.1) is 0 Å². The van der Waals surface area contributed by atoms with Crippen molar-refractivity contribution in [1.82, 2.24) is 0 Å². The maximum atomic E-state index is 5.70. The Balaban J connectivity index is 2.35. The van der Waals surface area contributed by atoms with Gasteiger partial charge in [0, 0.05) is 3.57 Å². The molecule has 0 fully saturated rings. The fraction of sp³-hybridized carbons (Fsp3) is 0.294. The fourth-order valence-corrected chi connectivity index (χ4v) is 3.90. The molecule has 0 radical (unpaired) electrons. The Labute approximate surface area is 148 Å². The second-order valence-corrected chi connectivity index (χ2v) is 6.53. The summed E-state index contributed by atoms with van der Waals surface area (Å²) in [4.78, 5) is 0.139. The lowest BCUT2D eigenvalue weighted by Crippen LogP contribution is -2.01. The summed E-state index contributed by atoms with van der Waals surface area (Å²) < 4.78 is 12.6. The predicted molar refractivity (Wildman–Crippen MR) is 98.7 cm³/mol. The van der Waals surface area contributed by atoms with E-state index < -0.39 is 0 Å². The minimum Gasteiger partial charge on any atom is -0.490 e. The number of hydrogen-bond donors (Lipinski definition) is 0. The molecule has 2 aromatic carbocycles. The highest BCUT2D eigenvalue weighted by Crippen LogP contribution is 2.38. The van der Waals surface area contributed by atoms with Crippen molar-refractivity contribution in [3.05, 3.63) is 57.2 Å². The normalized spacial score (nSPS) is 12.0. The highest BCUT2D eigenvalue weighted by molar-refractivity contribution is 14.1. The van der Waals surface area contributed by atoms with Crippen LogP contribution in [0.5, 0.6) is 11.5 Å². The van der Waals surface area contributed by atoms with E-state index in [9.17, 15) is 0 Å². The molecule has 0 aliphatic carbocycles. The maximum Gasteiger partial charge on any atom is 0.161 e. The molecule has 2 rings (SSSR count). The minimum atomic E-state index is 0.139. The van der Waals surface area contributed by atoms with Crippen molar-refractivity contribution in [3.63, 3.8) is 0 Å². The molecular weight excluding hydrogens is 443 g/mol. The van der Waals surface area contributed by atoms with E-state index in [-0.39, 0.29) is 4.83 Å². The molecule has 112 valence electrons. The van der Waals surface area contributed by atoms with Gasteiger partial charge in [-0.25, -0.2) is 0 Å². The van der Waals surface area contributed by atoms with Crippen molar-refractivity contribution in [2.45, 2.75) is 18.7 Å². The molecule has 1 atom stereocenters. The first-order valence-corrected chi connectivity index (χ1v) is 8.94. The molecule has 0 heterocycles. The molecule has 0 spiro atoms. The Kier molecular flexibility index (Phi) is 6.36. The second-order valence-electron chi connectivity index (χ2n) is 4.46. The molecule has 1 unspecified atom stereocenters. The number of halogens is 2. The molecule has 0 saturated carbocycles. The van der Waals surface area contributed by atoms with E-state index in [0.717, 1.165) is 17.1 Å². The van der Waals surface area contributed by atoms with E-state index in [1.165, 1.54) is 9.13 Å². The molecule has 2 aromatic rings. The number of rotatable bonds is 6. The van der Waals surface area contributed by atoms with Gasteiger partial charge in [0.1, 0.15) is 0 Å². The van der Waals surface area contributed by atoms with Crippen LogP contribution in [-0.2, 0) is 0 Å². The van der Waals surface area contributed by atoms with Gasteiger partial charge in [-0.1, -0.05) is 40.2 Å². The predicted octanol–water partition coefficient (Wildman–Crippen LogP) is 5.57. The highest BCUT2D eigenvalue weighted by Gasteiger charge is 2.15. The number of hydrogen-bond acceptors (Lipinski definition) is 2. The summed E-state index contributed by atoms with van der Waals surface area (Å²) in [5.74, 6) is 1.60. The number of benzene rings is 2. The van der Waals surface area contributed by atoms with Crippen molar-refractivity contribution in [3.8, 4) is 11.5 Å². The minimum absolute atomic E-state index is 0.139. The van der Waals surface area contributed by atoms with Gasteiger partial charge in [0.15, 0.2) is 11.5 Å². The molecule has 0 bridgehead atoms. The summed E-state index contributed by atoms with van der Waals surface area (Å²) in [5, 5.41) is 0. The van der Waals surface area contributed by atoms with Crippen LogP contribution in [0, 0.1) is 3.57 Å². The summed E-state index contributed by atoms with van der Waals surface area (Å²) in [6, 6.07) is 14.5. The second kappa shape index (κ2) is 8.03. The van der Waals surface area contributed by atoms with Gasteiger partial charge in [-0.3, -0.25) is 0 Å². The zero-order valence-electron chi connectivity index (χ0n) is 12.1. The van der Waals surface area contributed by atoms with Gasteiger partial charge < -0.3 is 9.47 Å². The largest absolute Gasteiger partial charge is 0.490 e. The van der Waals surface area contributed by atoms with Crippen LogP contribution in [-0.4, -0.2) is 13.2 Å². The van der Waals surface area contributed by atoms with Crippen LogP contribution in [0.3, 0.4) is 0 Å². The maximum absolute atomic E-state index is 5.70. The van der Waals surface area contributed by atoms with E-state index in [1.54, 1.807) is 0 Å². The third kappa shape index (κ3) is 4.13. The standard InChI is InChI=1S/C17H18BrIO2/c1-3-20-15-10-9-12(11-16(15)21-4-2)17(18)13-7-5-6-8-14(13)19/h5-11,17H,3-4H2,1-2H3. The van der Waals surface area contributed by atoms with Crippen LogP contribution in [0.4, 0.5) is 0 Å². The van der Waals surface area contributed by atoms with Gasteiger partial charge in [-0.2, -0.15) is 0 Å². The zero-order chi connectivity index (χ0) is 15.2. The first kappa shape index (κ1) is 16.6. The first-order chi connectivity index (χ1) is 10.2. The van der Waals surface area contributed by atoms with Crippen LogP contribution in [0.15, 0.2) is 42.5 Å². The molecular formula is C17H18BrIO2. The monoisotopic (exact) mass is 460 g/mol. The summed E-state index contributed by atoms with van der Waals surface area (Å²) in [6.07, 6.45) is 0. The van der Waals surface area contributed by atoms with Crippen molar-refractivity contribution in [1.29, 1.82) is 0 Å². The van der Waals surface area contributed by atoms with Crippen LogP contribution < -0.4 is 9.47 Å². The van der Waals surface area contributed by atoms with Crippen LogP contribution in [0.1, 0.15) is 29.8 Å². The molecule has 0 aliphatic rings. The topological polar surface area (TPSA) is 18.5 Å². The van der Waals surface area contributed by atoms with Crippen molar-refractivity contribution < 1.29 is 9.47 Å². The Hall–Kier alpha value is -0.750. The van der Waals surface area contributed by atoms with E-state index in [2.05, 4.69) is 74.9 Å². The van der Waals surface area contributed by atoms with E-state index in [4.69, 9.17) is 9.47 Å². The van der Waals surface area contributed by atoms with E-state index >= 15 is 0 Å². The quantitative estimate of drug-likeness (QED) is 0.414. The average molecular weight is 461 g/mol. The number of alkyl halides is 1. The molecule has 0 amide bonds. The van der Waals surface area contributed by atoms with Gasteiger partial charge >= 0.3 is 0 Å². The van der Waals surface area contributed by atoms with Crippen molar-refractivity contribution >= 4 is 38.5 Å². The SMILES string of the molecule is CCOc1ccc(C(Br)c2ccccc2I)cc1OCC. The highest BCUT2D eigenvalue weighted by atomic mass is 127. The third-order valence-corrected chi connectivity index (χ3v) is 5.04.